The van der Waals surface area contributed by atoms with Crippen LogP contribution in [0.4, 0.5) is 11.4 Å². The Hall–Kier alpha value is -1.85. The molecule has 1 heterocycles. The maximum atomic E-state index is 12.5. The second kappa shape index (κ2) is 6.95. The Kier molecular flexibility index (Phi) is 4.92. The van der Waals surface area contributed by atoms with E-state index in [2.05, 4.69) is 21.2 Å². The molecule has 1 saturated heterocycles. The molecule has 0 saturated carbocycles. The maximum Gasteiger partial charge on any atom is 0.229 e. The van der Waals surface area contributed by atoms with Gasteiger partial charge in [-0.15, -0.1) is 0 Å². The van der Waals surface area contributed by atoms with E-state index in [9.17, 15) is 9.59 Å². The van der Waals surface area contributed by atoms with Crippen LogP contribution in [0.25, 0.3) is 0 Å². The first kappa shape index (κ1) is 17.0. The summed E-state index contributed by atoms with van der Waals surface area (Å²) in [6.45, 7) is 2.34. The number of halogens is 2. The zero-order valence-corrected chi connectivity index (χ0v) is 15.4. The molecule has 1 fully saturated rings. The number of nitrogens with zero attached hydrogens (tertiary/aromatic N) is 1. The summed E-state index contributed by atoms with van der Waals surface area (Å²) in [6, 6.07) is 12.7. The molecule has 2 amide bonds. The summed E-state index contributed by atoms with van der Waals surface area (Å²) in [5.74, 6) is -0.553. The van der Waals surface area contributed by atoms with E-state index in [1.54, 1.807) is 29.2 Å². The Morgan fingerprint density at radius 3 is 2.62 bits per heavy atom. The van der Waals surface area contributed by atoms with E-state index in [-0.39, 0.29) is 24.2 Å². The molecule has 24 heavy (non-hydrogen) atoms. The second-order valence-electron chi connectivity index (χ2n) is 5.84. The first-order valence-electron chi connectivity index (χ1n) is 7.57. The van der Waals surface area contributed by atoms with Crippen LogP contribution in [0.1, 0.15) is 12.0 Å². The molecular formula is C18H16BrClN2O2. The third-order valence-corrected chi connectivity index (χ3v) is 5.20. The first-order valence-corrected chi connectivity index (χ1v) is 8.74. The largest absolute Gasteiger partial charge is 0.326 e. The van der Waals surface area contributed by atoms with Crippen molar-refractivity contribution in [3.05, 3.63) is 57.5 Å². The highest BCUT2D eigenvalue weighted by Crippen LogP contribution is 2.27. The lowest BCUT2D eigenvalue weighted by Gasteiger charge is -2.17. The number of anilines is 2. The van der Waals surface area contributed by atoms with Gasteiger partial charge in [0.2, 0.25) is 11.8 Å². The topological polar surface area (TPSA) is 49.4 Å². The summed E-state index contributed by atoms with van der Waals surface area (Å²) in [5, 5.41) is 3.51. The van der Waals surface area contributed by atoms with Crippen molar-refractivity contribution < 1.29 is 9.59 Å². The third kappa shape index (κ3) is 3.62. The van der Waals surface area contributed by atoms with Crippen LogP contribution in [-0.2, 0) is 9.59 Å². The van der Waals surface area contributed by atoms with E-state index in [0.717, 1.165) is 21.4 Å². The monoisotopic (exact) mass is 406 g/mol. The quantitative estimate of drug-likeness (QED) is 0.819. The van der Waals surface area contributed by atoms with E-state index in [1.165, 1.54) is 0 Å². The minimum atomic E-state index is -0.364. The second-order valence-corrected chi connectivity index (χ2v) is 7.13. The van der Waals surface area contributed by atoms with Gasteiger partial charge in [-0.3, -0.25) is 9.59 Å². The predicted molar refractivity (Wildman–Crippen MR) is 99.4 cm³/mol. The highest BCUT2D eigenvalue weighted by atomic mass is 79.9. The van der Waals surface area contributed by atoms with Crippen molar-refractivity contribution in [3.8, 4) is 0 Å². The van der Waals surface area contributed by atoms with Crippen molar-refractivity contribution in [1.29, 1.82) is 0 Å². The number of carbonyl (C=O) groups is 2. The Morgan fingerprint density at radius 1 is 1.25 bits per heavy atom. The Bertz CT molecular complexity index is 792. The molecule has 0 aromatic heterocycles. The van der Waals surface area contributed by atoms with Gasteiger partial charge in [0.05, 0.1) is 5.92 Å². The number of rotatable bonds is 3. The molecule has 0 radical (unpaired) electrons. The van der Waals surface area contributed by atoms with Gasteiger partial charge in [0.15, 0.2) is 0 Å². The molecule has 0 spiro atoms. The summed E-state index contributed by atoms with van der Waals surface area (Å²) in [5.41, 5.74) is 2.54. The van der Waals surface area contributed by atoms with Crippen molar-refractivity contribution in [2.24, 2.45) is 5.92 Å². The lowest BCUT2D eigenvalue weighted by atomic mass is 10.1. The molecule has 0 bridgehead atoms. The summed E-state index contributed by atoms with van der Waals surface area (Å²) in [7, 11) is 0. The number of hydrogen-bond donors (Lipinski definition) is 1. The van der Waals surface area contributed by atoms with Crippen molar-refractivity contribution in [3.63, 3.8) is 0 Å². The van der Waals surface area contributed by atoms with E-state index in [1.807, 2.05) is 25.1 Å². The molecule has 2 aromatic rings. The van der Waals surface area contributed by atoms with Crippen molar-refractivity contribution in [1.82, 2.24) is 0 Å². The number of aryl methyl sites for hydroxylation is 1. The van der Waals surface area contributed by atoms with Crippen LogP contribution in [0.3, 0.4) is 0 Å². The lowest BCUT2D eigenvalue weighted by molar-refractivity contribution is -0.122. The van der Waals surface area contributed by atoms with E-state index < -0.39 is 0 Å². The zero-order valence-electron chi connectivity index (χ0n) is 13.1. The SMILES string of the molecule is Cc1cc(NC(=O)C2CC(=O)N(c3ccc(Cl)cc3)C2)ccc1Br. The Labute approximate surface area is 153 Å². The summed E-state index contributed by atoms with van der Waals surface area (Å²) in [6.07, 6.45) is 0.212. The van der Waals surface area contributed by atoms with Gasteiger partial charge >= 0.3 is 0 Å². The van der Waals surface area contributed by atoms with E-state index in [0.29, 0.717) is 11.6 Å². The molecule has 1 N–H and O–H groups in total. The van der Waals surface area contributed by atoms with Gasteiger partial charge in [-0.1, -0.05) is 27.5 Å². The number of amides is 2. The van der Waals surface area contributed by atoms with Crippen LogP contribution >= 0.6 is 27.5 Å². The average Bonchev–Trinajstić information content (AvgIpc) is 2.94. The number of nitrogens with one attached hydrogen (secondary N) is 1. The molecule has 1 atom stereocenters. The Morgan fingerprint density at radius 2 is 1.96 bits per heavy atom. The molecule has 0 aliphatic carbocycles. The minimum Gasteiger partial charge on any atom is -0.326 e. The van der Waals surface area contributed by atoms with Gasteiger partial charge < -0.3 is 10.2 Å². The highest BCUT2D eigenvalue weighted by molar-refractivity contribution is 9.10. The minimum absolute atomic E-state index is 0.0514. The normalized spacial score (nSPS) is 17.2. The average molecular weight is 408 g/mol. The maximum absolute atomic E-state index is 12.5. The first-order chi connectivity index (χ1) is 11.4. The summed E-state index contributed by atoms with van der Waals surface area (Å²) < 4.78 is 0.991. The van der Waals surface area contributed by atoms with Crippen LogP contribution in [0.2, 0.25) is 5.02 Å². The third-order valence-electron chi connectivity index (χ3n) is 4.06. The molecule has 3 rings (SSSR count). The number of benzene rings is 2. The summed E-state index contributed by atoms with van der Waals surface area (Å²) in [4.78, 5) is 26.3. The van der Waals surface area contributed by atoms with Gasteiger partial charge in [0.1, 0.15) is 0 Å². The standard InChI is InChI=1S/C18H16BrClN2O2/c1-11-8-14(4-7-16(11)19)21-18(24)12-9-17(23)22(10-12)15-5-2-13(20)3-6-15/h2-8,12H,9-10H2,1H3,(H,21,24). The van der Waals surface area contributed by atoms with Crippen LogP contribution in [-0.4, -0.2) is 18.4 Å². The number of carbonyl (C=O) groups excluding carboxylic acids is 2. The summed E-state index contributed by atoms with van der Waals surface area (Å²) >= 11 is 9.31. The highest BCUT2D eigenvalue weighted by Gasteiger charge is 2.35. The molecule has 2 aromatic carbocycles. The van der Waals surface area contributed by atoms with Crippen molar-refractivity contribution in [2.75, 3.05) is 16.8 Å². The fourth-order valence-electron chi connectivity index (χ4n) is 2.72. The molecule has 4 nitrogen and oxygen atoms in total. The number of hydrogen-bond acceptors (Lipinski definition) is 2. The Balaban J connectivity index is 1.69. The van der Waals surface area contributed by atoms with E-state index >= 15 is 0 Å². The molecule has 1 aliphatic rings. The van der Waals surface area contributed by atoms with Gasteiger partial charge in [-0.2, -0.15) is 0 Å². The zero-order chi connectivity index (χ0) is 17.3. The molecule has 1 unspecified atom stereocenters. The van der Waals surface area contributed by atoms with Crippen LogP contribution in [0, 0.1) is 12.8 Å². The van der Waals surface area contributed by atoms with Crippen molar-refractivity contribution >= 4 is 50.7 Å². The molecule has 1 aliphatic heterocycles. The van der Waals surface area contributed by atoms with Crippen LogP contribution in [0.15, 0.2) is 46.9 Å². The van der Waals surface area contributed by atoms with Gasteiger partial charge in [-0.25, -0.2) is 0 Å². The van der Waals surface area contributed by atoms with E-state index in [4.69, 9.17) is 11.6 Å². The van der Waals surface area contributed by atoms with Crippen molar-refractivity contribution in [2.45, 2.75) is 13.3 Å². The van der Waals surface area contributed by atoms with Gasteiger partial charge in [-0.05, 0) is 55.0 Å². The van der Waals surface area contributed by atoms with Gasteiger partial charge in [0, 0.05) is 33.8 Å². The van der Waals surface area contributed by atoms with Crippen LogP contribution < -0.4 is 10.2 Å². The van der Waals surface area contributed by atoms with Gasteiger partial charge in [0.25, 0.3) is 0 Å². The molecule has 6 heteroatoms. The molecule has 124 valence electrons. The predicted octanol–water partition coefficient (Wildman–Crippen LogP) is 4.40. The molecular weight excluding hydrogens is 392 g/mol. The fourth-order valence-corrected chi connectivity index (χ4v) is 3.09. The lowest BCUT2D eigenvalue weighted by Crippen LogP contribution is -2.28. The fraction of sp³-hybridized carbons (Fsp3) is 0.222. The van der Waals surface area contributed by atoms with Crippen LogP contribution in [0.5, 0.6) is 0 Å². The smallest absolute Gasteiger partial charge is 0.229 e.